The fourth-order valence-electron chi connectivity index (χ4n) is 5.85. The second-order valence-corrected chi connectivity index (χ2v) is 14.2. The maximum Gasteiger partial charge on any atom is 0.326 e. The molecule has 54 heavy (non-hydrogen) atoms. The highest BCUT2D eigenvalue weighted by atomic mass is 16.4. The first kappa shape index (κ1) is 50.0. The van der Waals surface area contributed by atoms with Gasteiger partial charge in [0.25, 0.3) is 0 Å². The van der Waals surface area contributed by atoms with Crippen molar-refractivity contribution in [2.45, 2.75) is 186 Å². The molecule has 0 aliphatic rings. The summed E-state index contributed by atoms with van der Waals surface area (Å²) >= 11 is 0. The van der Waals surface area contributed by atoms with E-state index < -0.39 is 41.8 Å². The van der Waals surface area contributed by atoms with Crippen LogP contribution in [0.15, 0.2) is 0 Å². The van der Waals surface area contributed by atoms with Gasteiger partial charge in [-0.2, -0.15) is 0 Å². The summed E-state index contributed by atoms with van der Waals surface area (Å²) < 4.78 is 0. The number of carboxylic acids is 3. The zero-order chi connectivity index (χ0) is 40.4. The van der Waals surface area contributed by atoms with E-state index in [0.717, 1.165) is 44.9 Å². The molecule has 4 amide bonds. The molecule has 0 rings (SSSR count). The molecule has 0 aromatic heterocycles. The van der Waals surface area contributed by atoms with Crippen LogP contribution in [0.2, 0.25) is 0 Å². The normalized spacial score (nSPS) is 11.9. The summed E-state index contributed by atoms with van der Waals surface area (Å²) in [6, 6.07) is -2.45. The molecule has 0 heterocycles. The van der Waals surface area contributed by atoms with Gasteiger partial charge in [-0.05, 0) is 45.4 Å². The van der Waals surface area contributed by atoms with Crippen molar-refractivity contribution in [1.29, 1.82) is 0 Å². The van der Waals surface area contributed by atoms with E-state index in [2.05, 4.69) is 21.3 Å². The van der Waals surface area contributed by atoms with Crippen LogP contribution in [0, 0.1) is 0 Å². The fraction of sp³-hybridized carbons (Fsp3) is 0.795. The third-order valence-electron chi connectivity index (χ3n) is 9.06. The number of rotatable bonds is 37. The van der Waals surface area contributed by atoms with Gasteiger partial charge in [-0.1, -0.05) is 89.9 Å². The number of hydrogen-bond donors (Lipinski definition) is 7. The quantitative estimate of drug-likeness (QED) is 0.0406. The Kier molecular flexibility index (Phi) is 31.0. The number of carbonyl (C=O) groups is 8. The summed E-state index contributed by atoms with van der Waals surface area (Å²) in [5.41, 5.74) is 0. The Morgan fingerprint density at radius 1 is 0.389 bits per heavy atom. The minimum atomic E-state index is -1.28. The molecule has 0 saturated heterocycles. The minimum Gasteiger partial charge on any atom is -0.481 e. The Bertz CT molecular complexity index is 1130. The van der Waals surface area contributed by atoms with Gasteiger partial charge in [0.1, 0.15) is 17.9 Å². The third kappa shape index (κ3) is 32.6. The SMILES string of the molecule is CC(=O)CCCNC(=O)CCC(NC(=O)CCCNC(=O)CCC(NC(=O)CCCCCCCCCCCCCCCCCCC(=O)O)C(=O)O)C(=O)O. The van der Waals surface area contributed by atoms with Gasteiger partial charge in [0.15, 0.2) is 0 Å². The minimum absolute atomic E-state index is 0.00889. The van der Waals surface area contributed by atoms with E-state index in [4.69, 9.17) is 5.11 Å². The van der Waals surface area contributed by atoms with Crippen LogP contribution in [0.4, 0.5) is 0 Å². The molecule has 0 bridgehead atoms. The lowest BCUT2D eigenvalue weighted by molar-refractivity contribution is -0.142. The zero-order valence-corrected chi connectivity index (χ0v) is 32.6. The third-order valence-corrected chi connectivity index (χ3v) is 9.06. The molecule has 0 radical (unpaired) electrons. The number of aliphatic carboxylic acids is 3. The molecule has 0 fully saturated rings. The summed E-state index contributed by atoms with van der Waals surface area (Å²) in [6.07, 6.45) is 18.6. The fourth-order valence-corrected chi connectivity index (χ4v) is 5.85. The van der Waals surface area contributed by atoms with Crippen molar-refractivity contribution in [3.05, 3.63) is 0 Å². The topological polar surface area (TPSA) is 245 Å². The summed E-state index contributed by atoms with van der Waals surface area (Å²) in [7, 11) is 0. The van der Waals surface area contributed by atoms with Crippen molar-refractivity contribution in [3.8, 4) is 0 Å². The van der Waals surface area contributed by atoms with Crippen molar-refractivity contribution in [3.63, 3.8) is 0 Å². The Balaban J connectivity index is 3.95. The van der Waals surface area contributed by atoms with Gasteiger partial charge in [-0.25, -0.2) is 9.59 Å². The standard InChI is InChI=1S/C39H68N4O11/c1-30(44)20-18-28-40-33(45)26-25-32(39(53)54)43-36(48)22-19-29-41-34(46)27-24-31(38(51)52)42-35(47)21-16-14-12-10-8-6-4-2-3-5-7-9-11-13-15-17-23-37(49)50/h31-32H,2-29H2,1H3,(H,40,45)(H,41,46)(H,42,47)(H,43,48)(H,49,50)(H,51,52)(H,53,54). The van der Waals surface area contributed by atoms with E-state index in [1.807, 2.05) is 0 Å². The lowest BCUT2D eigenvalue weighted by Crippen LogP contribution is -2.42. The largest absolute Gasteiger partial charge is 0.481 e. The zero-order valence-electron chi connectivity index (χ0n) is 32.6. The average molecular weight is 769 g/mol. The molecule has 15 nitrogen and oxygen atoms in total. The molecule has 0 aromatic carbocycles. The Morgan fingerprint density at radius 3 is 1.04 bits per heavy atom. The van der Waals surface area contributed by atoms with Gasteiger partial charge in [0.2, 0.25) is 23.6 Å². The first-order valence-corrected chi connectivity index (χ1v) is 20.1. The number of ketones is 1. The summed E-state index contributed by atoms with van der Waals surface area (Å²) in [5.74, 6) is -4.94. The van der Waals surface area contributed by atoms with E-state index in [0.29, 0.717) is 25.8 Å². The van der Waals surface area contributed by atoms with Gasteiger partial charge < -0.3 is 41.4 Å². The van der Waals surface area contributed by atoms with Crippen LogP contribution in [-0.2, 0) is 38.4 Å². The molecule has 0 spiro atoms. The maximum absolute atomic E-state index is 12.3. The molecular weight excluding hydrogens is 700 g/mol. The lowest BCUT2D eigenvalue weighted by Gasteiger charge is -2.15. The second-order valence-electron chi connectivity index (χ2n) is 14.2. The Hall–Kier alpha value is -4.04. The highest BCUT2D eigenvalue weighted by molar-refractivity contribution is 5.85. The van der Waals surface area contributed by atoms with Gasteiger partial charge in [0.05, 0.1) is 0 Å². The molecule has 15 heteroatoms. The monoisotopic (exact) mass is 768 g/mol. The van der Waals surface area contributed by atoms with Crippen LogP contribution < -0.4 is 21.3 Å². The molecule has 7 N–H and O–H groups in total. The summed E-state index contributed by atoms with van der Waals surface area (Å²) in [5, 5.41) is 37.6. The van der Waals surface area contributed by atoms with Crippen LogP contribution >= 0.6 is 0 Å². The van der Waals surface area contributed by atoms with Gasteiger partial charge in [-0.15, -0.1) is 0 Å². The molecule has 2 unspecified atom stereocenters. The highest BCUT2D eigenvalue weighted by Crippen LogP contribution is 2.14. The van der Waals surface area contributed by atoms with Gasteiger partial charge in [0, 0.05) is 51.6 Å². The maximum atomic E-state index is 12.3. The first-order chi connectivity index (χ1) is 25.8. The van der Waals surface area contributed by atoms with E-state index in [9.17, 15) is 48.6 Å². The van der Waals surface area contributed by atoms with Crippen molar-refractivity contribution >= 4 is 47.3 Å². The number of hydrogen-bond acceptors (Lipinski definition) is 8. The Morgan fingerprint density at radius 2 is 0.704 bits per heavy atom. The molecule has 0 aliphatic heterocycles. The van der Waals surface area contributed by atoms with Crippen molar-refractivity contribution in [2.75, 3.05) is 13.1 Å². The molecule has 2 atom stereocenters. The van der Waals surface area contributed by atoms with Crippen LogP contribution in [0.25, 0.3) is 0 Å². The summed E-state index contributed by atoms with van der Waals surface area (Å²) in [4.78, 5) is 93.3. The number of nitrogens with one attached hydrogen (secondary N) is 4. The lowest BCUT2D eigenvalue weighted by atomic mass is 10.0. The van der Waals surface area contributed by atoms with E-state index >= 15 is 0 Å². The number of Topliss-reactive ketones (excluding diaryl/α,β-unsaturated/α-hetero) is 1. The highest BCUT2D eigenvalue weighted by Gasteiger charge is 2.22. The van der Waals surface area contributed by atoms with E-state index in [-0.39, 0.29) is 75.5 Å². The van der Waals surface area contributed by atoms with Gasteiger partial charge >= 0.3 is 17.9 Å². The van der Waals surface area contributed by atoms with Crippen molar-refractivity contribution in [2.24, 2.45) is 0 Å². The van der Waals surface area contributed by atoms with Gasteiger partial charge in [-0.3, -0.25) is 24.0 Å². The van der Waals surface area contributed by atoms with Crippen molar-refractivity contribution in [1.82, 2.24) is 21.3 Å². The summed E-state index contributed by atoms with van der Waals surface area (Å²) in [6.45, 7) is 1.86. The van der Waals surface area contributed by atoms with Crippen LogP contribution in [0.1, 0.15) is 174 Å². The second kappa shape index (κ2) is 33.5. The average Bonchev–Trinajstić information content (AvgIpc) is 3.11. The first-order valence-electron chi connectivity index (χ1n) is 20.1. The predicted octanol–water partition coefficient (Wildman–Crippen LogP) is 5.17. The molecule has 0 aliphatic carbocycles. The Labute approximate surface area is 320 Å². The van der Waals surface area contributed by atoms with Crippen LogP contribution in [0.5, 0.6) is 0 Å². The van der Waals surface area contributed by atoms with E-state index in [1.54, 1.807) is 0 Å². The van der Waals surface area contributed by atoms with Crippen LogP contribution in [0.3, 0.4) is 0 Å². The number of carboxylic acid groups (broad SMARTS) is 3. The molecule has 0 saturated carbocycles. The number of amides is 4. The molecule has 0 aromatic rings. The van der Waals surface area contributed by atoms with Crippen molar-refractivity contribution < 1.29 is 53.7 Å². The smallest absolute Gasteiger partial charge is 0.326 e. The number of carbonyl (C=O) groups excluding carboxylic acids is 5. The number of unbranched alkanes of at least 4 members (excludes halogenated alkanes) is 15. The van der Waals surface area contributed by atoms with E-state index in [1.165, 1.54) is 58.3 Å². The van der Waals surface area contributed by atoms with Crippen LogP contribution in [-0.4, -0.2) is 87.8 Å². The molecule has 310 valence electrons. The molecular formula is C39H68N4O11. The predicted molar refractivity (Wildman–Crippen MR) is 204 cm³/mol.